The first-order chi connectivity index (χ1) is 19.2. The van der Waals surface area contributed by atoms with Crippen molar-refractivity contribution < 1.29 is 33.7 Å². The number of hydrogen-bond acceptors (Lipinski definition) is 9. The number of rotatable bonds is 11. The molecule has 1 fully saturated rings. The number of carbonyl (C=O) groups is 3. The van der Waals surface area contributed by atoms with Crippen LogP contribution in [-0.2, 0) is 9.59 Å². The van der Waals surface area contributed by atoms with Crippen LogP contribution in [0.1, 0.15) is 66.1 Å². The van der Waals surface area contributed by atoms with Gasteiger partial charge in [-0.1, -0.05) is 30.7 Å². The number of methoxy groups -OCH3 is 1. The summed E-state index contributed by atoms with van der Waals surface area (Å²) in [6, 6.07) is 10.7. The molecule has 1 saturated heterocycles. The van der Waals surface area contributed by atoms with E-state index in [0.29, 0.717) is 52.2 Å². The van der Waals surface area contributed by atoms with Gasteiger partial charge in [0.2, 0.25) is 0 Å². The highest BCUT2D eigenvalue weighted by molar-refractivity contribution is 7.18. The summed E-state index contributed by atoms with van der Waals surface area (Å²) in [5, 5.41) is 11.6. The highest BCUT2D eigenvalue weighted by atomic mass is 32.1. The standard InChI is InChI=1S/C30H32N2O7S/c1-6-8-15-39-22-14-11-20(16-23(22)38-7-2)25-24(26(34)19-9-12-21(37-5)13-10-19)27(35)29(36)32(25)30-31-17(3)28(40-30)18(4)33/h9-14,16,25,34H,6-8,15H2,1-5H3. The van der Waals surface area contributed by atoms with E-state index >= 15 is 0 Å². The van der Waals surface area contributed by atoms with Gasteiger partial charge in [-0.15, -0.1) is 0 Å². The van der Waals surface area contributed by atoms with Crippen LogP contribution in [0.2, 0.25) is 0 Å². The van der Waals surface area contributed by atoms with Crippen LogP contribution in [0.4, 0.5) is 5.13 Å². The molecule has 1 N–H and O–H groups in total. The third-order valence-electron chi connectivity index (χ3n) is 6.46. The third-order valence-corrected chi connectivity index (χ3v) is 7.72. The monoisotopic (exact) mass is 564 g/mol. The first-order valence-corrected chi connectivity index (χ1v) is 13.9. The Morgan fingerprint density at radius 1 is 1.07 bits per heavy atom. The van der Waals surface area contributed by atoms with Gasteiger partial charge in [-0.2, -0.15) is 0 Å². The second-order valence-electron chi connectivity index (χ2n) is 9.21. The summed E-state index contributed by atoms with van der Waals surface area (Å²) >= 11 is 1.03. The summed E-state index contributed by atoms with van der Waals surface area (Å²) in [5.74, 6) is -0.693. The smallest absolute Gasteiger partial charge is 0.301 e. The van der Waals surface area contributed by atoms with Gasteiger partial charge in [-0.25, -0.2) is 4.98 Å². The van der Waals surface area contributed by atoms with Crippen molar-refractivity contribution in [2.45, 2.75) is 46.6 Å². The Hall–Kier alpha value is -4.18. The second kappa shape index (κ2) is 12.3. The fraction of sp³-hybridized carbons (Fsp3) is 0.333. The average Bonchev–Trinajstić information content (AvgIpc) is 3.46. The number of thiazole rings is 1. The summed E-state index contributed by atoms with van der Waals surface area (Å²) in [5.41, 5.74) is 1.21. The number of carbonyl (C=O) groups excluding carboxylic acids is 3. The largest absolute Gasteiger partial charge is 0.507 e. The highest BCUT2D eigenvalue weighted by Gasteiger charge is 2.48. The Kier molecular flexibility index (Phi) is 8.89. The fourth-order valence-corrected chi connectivity index (χ4v) is 5.46. The second-order valence-corrected chi connectivity index (χ2v) is 10.2. The minimum atomic E-state index is -1.03. The number of aliphatic hydroxyl groups is 1. The minimum absolute atomic E-state index is 0.102. The number of nitrogens with zero attached hydrogens (tertiary/aromatic N) is 2. The van der Waals surface area contributed by atoms with E-state index in [0.717, 1.165) is 24.2 Å². The molecule has 1 aromatic heterocycles. The van der Waals surface area contributed by atoms with E-state index in [1.54, 1.807) is 49.4 Å². The number of amides is 1. The number of benzene rings is 2. The van der Waals surface area contributed by atoms with Gasteiger partial charge in [0.1, 0.15) is 11.5 Å². The molecule has 10 heteroatoms. The molecule has 0 bridgehead atoms. The van der Waals surface area contributed by atoms with Crippen molar-refractivity contribution in [3.05, 3.63) is 69.7 Å². The number of aryl methyl sites for hydroxylation is 1. The molecule has 1 aliphatic rings. The molecule has 0 spiro atoms. The van der Waals surface area contributed by atoms with Gasteiger partial charge in [0, 0.05) is 12.5 Å². The molecule has 2 aromatic carbocycles. The van der Waals surface area contributed by atoms with Gasteiger partial charge in [-0.05, 0) is 62.2 Å². The summed E-state index contributed by atoms with van der Waals surface area (Å²) in [6.45, 7) is 7.89. The fourth-order valence-electron chi connectivity index (χ4n) is 4.47. The van der Waals surface area contributed by atoms with Crippen molar-refractivity contribution in [3.8, 4) is 17.2 Å². The molecular weight excluding hydrogens is 532 g/mol. The summed E-state index contributed by atoms with van der Waals surface area (Å²) in [7, 11) is 1.53. The molecule has 4 rings (SSSR count). The molecule has 0 saturated carbocycles. The normalized spacial score (nSPS) is 16.3. The van der Waals surface area contributed by atoms with Crippen LogP contribution >= 0.6 is 11.3 Å². The van der Waals surface area contributed by atoms with Gasteiger partial charge in [-0.3, -0.25) is 19.3 Å². The highest BCUT2D eigenvalue weighted by Crippen LogP contribution is 2.45. The molecule has 1 atom stereocenters. The van der Waals surface area contributed by atoms with Crippen LogP contribution in [0.15, 0.2) is 48.0 Å². The molecule has 1 unspecified atom stereocenters. The number of unbranched alkanes of at least 4 members (excludes halogenated alkanes) is 1. The lowest BCUT2D eigenvalue weighted by Gasteiger charge is -2.24. The Morgan fingerprint density at radius 3 is 2.40 bits per heavy atom. The zero-order valence-corrected chi connectivity index (χ0v) is 24.0. The molecule has 0 radical (unpaired) electrons. The van der Waals surface area contributed by atoms with Crippen LogP contribution in [-0.4, -0.2) is 47.9 Å². The van der Waals surface area contributed by atoms with Crippen LogP contribution in [0.5, 0.6) is 17.2 Å². The average molecular weight is 565 g/mol. The molecule has 1 amide bonds. The number of aromatic nitrogens is 1. The summed E-state index contributed by atoms with van der Waals surface area (Å²) in [4.78, 5) is 45.3. The quantitative estimate of drug-likeness (QED) is 0.101. The van der Waals surface area contributed by atoms with E-state index in [4.69, 9.17) is 14.2 Å². The van der Waals surface area contributed by atoms with Crippen molar-refractivity contribution in [3.63, 3.8) is 0 Å². The molecule has 210 valence electrons. The SMILES string of the molecule is CCCCOc1ccc(C2C(=C(O)c3ccc(OC)cc3)C(=O)C(=O)N2c2nc(C)c(C(C)=O)s2)cc1OCC. The zero-order valence-electron chi connectivity index (χ0n) is 23.1. The minimum Gasteiger partial charge on any atom is -0.507 e. The Morgan fingerprint density at radius 2 is 1.80 bits per heavy atom. The van der Waals surface area contributed by atoms with Crippen LogP contribution in [0.3, 0.4) is 0 Å². The number of aliphatic hydroxyl groups excluding tert-OH is 1. The van der Waals surface area contributed by atoms with Gasteiger partial charge >= 0.3 is 5.91 Å². The topological polar surface area (TPSA) is 115 Å². The maximum atomic E-state index is 13.5. The van der Waals surface area contributed by atoms with Crippen LogP contribution in [0, 0.1) is 6.92 Å². The van der Waals surface area contributed by atoms with Crippen LogP contribution < -0.4 is 19.1 Å². The van der Waals surface area contributed by atoms with Crippen molar-refractivity contribution in [1.29, 1.82) is 0 Å². The maximum absolute atomic E-state index is 13.5. The predicted octanol–water partition coefficient (Wildman–Crippen LogP) is 5.87. The number of ketones is 2. The number of anilines is 1. The molecule has 2 heterocycles. The molecule has 3 aromatic rings. The molecular formula is C30H32N2O7S. The number of hydrogen-bond donors (Lipinski definition) is 1. The van der Waals surface area contributed by atoms with E-state index < -0.39 is 17.7 Å². The Bertz CT molecular complexity index is 1460. The van der Waals surface area contributed by atoms with Crippen LogP contribution in [0.25, 0.3) is 5.76 Å². The Balaban J connectivity index is 1.91. The van der Waals surface area contributed by atoms with Gasteiger partial charge in [0.05, 0.1) is 42.5 Å². The van der Waals surface area contributed by atoms with E-state index in [2.05, 4.69) is 11.9 Å². The lowest BCUT2D eigenvalue weighted by Crippen LogP contribution is -2.29. The Labute approximate surface area is 237 Å². The zero-order chi connectivity index (χ0) is 29.0. The van der Waals surface area contributed by atoms with E-state index in [1.807, 2.05) is 6.92 Å². The van der Waals surface area contributed by atoms with E-state index in [9.17, 15) is 19.5 Å². The lowest BCUT2D eigenvalue weighted by atomic mass is 9.95. The molecule has 9 nitrogen and oxygen atoms in total. The lowest BCUT2D eigenvalue weighted by molar-refractivity contribution is -0.132. The van der Waals surface area contributed by atoms with Crippen molar-refractivity contribution in [2.75, 3.05) is 25.2 Å². The van der Waals surface area contributed by atoms with Crippen molar-refractivity contribution >= 4 is 39.7 Å². The number of ether oxygens (including phenoxy) is 3. The third kappa shape index (κ3) is 5.58. The number of Topliss-reactive ketones (excluding diaryl/α,β-unsaturated/α-hetero) is 2. The van der Waals surface area contributed by atoms with E-state index in [-0.39, 0.29) is 22.2 Å². The van der Waals surface area contributed by atoms with Gasteiger partial charge < -0.3 is 19.3 Å². The van der Waals surface area contributed by atoms with E-state index in [1.165, 1.54) is 18.9 Å². The van der Waals surface area contributed by atoms with Gasteiger partial charge in [0.25, 0.3) is 5.78 Å². The summed E-state index contributed by atoms with van der Waals surface area (Å²) in [6.07, 6.45) is 1.84. The molecule has 1 aliphatic heterocycles. The first kappa shape index (κ1) is 28.8. The van der Waals surface area contributed by atoms with Crippen molar-refractivity contribution in [2.24, 2.45) is 0 Å². The maximum Gasteiger partial charge on any atom is 0.301 e. The molecule has 40 heavy (non-hydrogen) atoms. The first-order valence-electron chi connectivity index (χ1n) is 13.0. The summed E-state index contributed by atoms with van der Waals surface area (Å²) < 4.78 is 17.0. The van der Waals surface area contributed by atoms with Gasteiger partial charge in [0.15, 0.2) is 22.4 Å². The van der Waals surface area contributed by atoms with Crippen molar-refractivity contribution in [1.82, 2.24) is 4.98 Å². The predicted molar refractivity (Wildman–Crippen MR) is 153 cm³/mol. The molecule has 0 aliphatic carbocycles.